The van der Waals surface area contributed by atoms with Crippen molar-refractivity contribution in [2.75, 3.05) is 25.0 Å². The Morgan fingerprint density at radius 3 is 2.17 bits per heavy atom. The molecule has 4 rings (SSSR count). The molecule has 0 amide bonds. The first kappa shape index (κ1) is 31.8. The number of anilines is 1. The molecular weight excluding hydrogens is 660 g/mol. The molecule has 0 aliphatic rings. The van der Waals surface area contributed by atoms with Gasteiger partial charge in [-0.05, 0) is 41.3 Å². The van der Waals surface area contributed by atoms with Gasteiger partial charge in [-0.25, -0.2) is 23.4 Å². The number of nitrogens with zero attached hydrogens (tertiary/aromatic N) is 4. The number of benzene rings is 2. The second-order valence-electron chi connectivity index (χ2n) is 9.31. The number of aliphatic hydroxyl groups is 1. The molecule has 0 radical (unpaired) electrons. The molecule has 0 saturated carbocycles. The molecule has 4 aromatic rings. The van der Waals surface area contributed by atoms with Gasteiger partial charge in [0.25, 0.3) is 15.9 Å². The molecular formula is C27H31BaN5O6S. The van der Waals surface area contributed by atoms with Crippen molar-refractivity contribution in [3.63, 3.8) is 0 Å². The van der Waals surface area contributed by atoms with Gasteiger partial charge < -0.3 is 22.2 Å². The Morgan fingerprint density at radius 2 is 1.57 bits per heavy atom. The quantitative estimate of drug-likeness (QED) is 0.234. The number of ether oxygens (including phenoxy) is 3. The molecule has 11 nitrogen and oxygen atoms in total. The molecule has 0 unspecified atom stereocenters. The van der Waals surface area contributed by atoms with Crippen molar-refractivity contribution in [1.29, 1.82) is 0 Å². The zero-order chi connectivity index (χ0) is 28.0. The maximum Gasteiger partial charge on any atom is 2.00 e. The summed E-state index contributed by atoms with van der Waals surface area (Å²) in [4.78, 5) is 17.1. The summed E-state index contributed by atoms with van der Waals surface area (Å²) >= 11 is 0. The van der Waals surface area contributed by atoms with Crippen LogP contribution >= 0.6 is 0 Å². The van der Waals surface area contributed by atoms with Crippen molar-refractivity contribution in [3.8, 4) is 34.8 Å². The Balaban J connectivity index is 0.00000294. The number of rotatable bonds is 10. The number of nitrogens with one attached hydrogen (secondary N) is 1. The standard InChI is InChI=1S/C27H29N5O6S.Ba.2H/c1-27(2,3)18-10-12-19(13-11-18)39(34,35)32-23-22(38-21-9-6-5-8-20(21)36-4)26(37-17-16-33)31-25(30-23)24-28-14-7-15-29-24;;;/h5-15,33H,16-17H2,1-4H3,(H,30,31,32);;;/q;+2;2*-1. The van der Waals surface area contributed by atoms with Crippen LogP contribution in [0.1, 0.15) is 29.2 Å². The summed E-state index contributed by atoms with van der Waals surface area (Å²) in [7, 11) is -2.66. The molecule has 13 heteroatoms. The smallest absolute Gasteiger partial charge is 1.00 e. The Bertz CT molecular complexity index is 1540. The van der Waals surface area contributed by atoms with E-state index in [-0.39, 0.29) is 110 Å². The zero-order valence-electron chi connectivity index (χ0n) is 24.7. The maximum atomic E-state index is 13.5. The van der Waals surface area contributed by atoms with Gasteiger partial charge in [0, 0.05) is 12.4 Å². The molecule has 0 saturated heterocycles. The summed E-state index contributed by atoms with van der Waals surface area (Å²) in [5.41, 5.74) is 0.827. The van der Waals surface area contributed by atoms with Crippen LogP contribution in [-0.2, 0) is 15.4 Å². The van der Waals surface area contributed by atoms with Crippen LogP contribution in [0.3, 0.4) is 0 Å². The molecule has 2 aromatic carbocycles. The maximum absolute atomic E-state index is 13.5. The van der Waals surface area contributed by atoms with Crippen molar-refractivity contribution in [2.45, 2.75) is 31.1 Å². The van der Waals surface area contributed by atoms with Crippen molar-refractivity contribution < 1.29 is 30.6 Å². The van der Waals surface area contributed by atoms with Gasteiger partial charge in [-0.2, -0.15) is 4.98 Å². The summed E-state index contributed by atoms with van der Waals surface area (Å²) in [6.07, 6.45) is 3.00. The molecule has 2 N–H and O–H groups in total. The van der Waals surface area contributed by atoms with E-state index < -0.39 is 10.0 Å². The van der Waals surface area contributed by atoms with Crippen LogP contribution in [0.5, 0.6) is 23.1 Å². The van der Waals surface area contributed by atoms with Gasteiger partial charge in [-0.1, -0.05) is 45.0 Å². The minimum absolute atomic E-state index is 0. The van der Waals surface area contributed by atoms with E-state index in [1.54, 1.807) is 42.5 Å². The molecule has 40 heavy (non-hydrogen) atoms. The number of para-hydroxylation sites is 2. The van der Waals surface area contributed by atoms with E-state index in [2.05, 4.69) is 24.7 Å². The fraction of sp³-hybridized carbons (Fsp3) is 0.259. The topological polar surface area (TPSA) is 146 Å². The summed E-state index contributed by atoms with van der Waals surface area (Å²) < 4.78 is 46.6. The predicted octanol–water partition coefficient (Wildman–Crippen LogP) is 4.05. The van der Waals surface area contributed by atoms with Gasteiger partial charge in [-0.3, -0.25) is 4.72 Å². The van der Waals surface area contributed by atoms with Crippen LogP contribution < -0.4 is 18.9 Å². The van der Waals surface area contributed by atoms with Crippen LogP contribution in [0.15, 0.2) is 71.9 Å². The van der Waals surface area contributed by atoms with Crippen LogP contribution in [0.4, 0.5) is 5.82 Å². The average molecular weight is 691 g/mol. The monoisotopic (exact) mass is 691 g/mol. The number of sulfonamides is 1. The van der Waals surface area contributed by atoms with E-state index in [1.165, 1.54) is 31.6 Å². The van der Waals surface area contributed by atoms with Crippen molar-refractivity contribution >= 4 is 64.7 Å². The Morgan fingerprint density at radius 1 is 0.925 bits per heavy atom. The SMILES string of the molecule is COc1ccccc1Oc1c(NS(=O)(=O)c2ccc(C(C)(C)C)cc2)nc(-c2ncccn2)nc1OCCO.[Ba+2].[H-].[H-]. The third-order valence-corrected chi connectivity index (χ3v) is 6.83. The van der Waals surface area contributed by atoms with Crippen LogP contribution in [-0.4, -0.2) is 103 Å². The molecule has 2 aromatic heterocycles. The van der Waals surface area contributed by atoms with E-state index in [1.807, 2.05) is 20.8 Å². The van der Waals surface area contributed by atoms with Gasteiger partial charge in [0.1, 0.15) is 6.61 Å². The van der Waals surface area contributed by atoms with Crippen molar-refractivity contribution in [3.05, 3.63) is 72.6 Å². The second kappa shape index (κ2) is 13.8. The van der Waals surface area contributed by atoms with E-state index in [9.17, 15) is 13.5 Å². The van der Waals surface area contributed by atoms with Gasteiger partial charge in [0.2, 0.25) is 11.6 Å². The van der Waals surface area contributed by atoms with Gasteiger partial charge in [0.15, 0.2) is 23.1 Å². The average Bonchev–Trinajstić information content (AvgIpc) is 2.93. The summed E-state index contributed by atoms with van der Waals surface area (Å²) in [5.74, 6) is 0.271. The van der Waals surface area contributed by atoms with Crippen LogP contribution in [0.25, 0.3) is 11.6 Å². The van der Waals surface area contributed by atoms with E-state index in [4.69, 9.17) is 14.2 Å². The molecule has 0 atom stereocenters. The first-order valence-electron chi connectivity index (χ1n) is 12.0. The van der Waals surface area contributed by atoms with Crippen LogP contribution in [0, 0.1) is 0 Å². The number of hydrogen-bond donors (Lipinski definition) is 2. The first-order chi connectivity index (χ1) is 18.6. The Kier molecular flexibility index (Phi) is 10.9. The van der Waals surface area contributed by atoms with E-state index in [0.717, 1.165) is 5.56 Å². The molecule has 0 fully saturated rings. The third kappa shape index (κ3) is 7.72. The number of aromatic nitrogens is 4. The largest absolute Gasteiger partial charge is 2.00 e. The number of methoxy groups -OCH3 is 1. The molecule has 0 bridgehead atoms. The fourth-order valence-corrected chi connectivity index (χ4v) is 4.48. The second-order valence-corrected chi connectivity index (χ2v) is 11.0. The minimum Gasteiger partial charge on any atom is -1.00 e. The first-order valence-corrected chi connectivity index (χ1v) is 13.5. The number of aliphatic hydroxyl groups excluding tert-OH is 1. The van der Waals surface area contributed by atoms with Gasteiger partial charge >= 0.3 is 48.9 Å². The van der Waals surface area contributed by atoms with Crippen LogP contribution in [0.2, 0.25) is 0 Å². The van der Waals surface area contributed by atoms with E-state index in [0.29, 0.717) is 5.75 Å². The minimum atomic E-state index is -4.14. The summed E-state index contributed by atoms with van der Waals surface area (Å²) in [5, 5.41) is 9.40. The van der Waals surface area contributed by atoms with Gasteiger partial charge in [-0.15, -0.1) is 0 Å². The summed E-state index contributed by atoms with van der Waals surface area (Å²) in [6, 6.07) is 15.0. The Hall–Kier alpha value is -2.72. The zero-order valence-corrected chi connectivity index (χ0v) is 27.9. The molecule has 2 heterocycles. The molecule has 208 valence electrons. The molecule has 0 aliphatic carbocycles. The summed E-state index contributed by atoms with van der Waals surface area (Å²) in [6.45, 7) is 5.65. The molecule has 0 spiro atoms. The third-order valence-electron chi connectivity index (χ3n) is 5.47. The van der Waals surface area contributed by atoms with Crippen molar-refractivity contribution in [2.24, 2.45) is 0 Å². The molecule has 0 aliphatic heterocycles. The fourth-order valence-electron chi connectivity index (χ4n) is 3.48. The van der Waals surface area contributed by atoms with Crippen molar-refractivity contribution in [1.82, 2.24) is 19.9 Å². The van der Waals surface area contributed by atoms with Gasteiger partial charge in [0.05, 0.1) is 18.6 Å². The Labute approximate surface area is 276 Å². The van der Waals surface area contributed by atoms with E-state index >= 15 is 0 Å². The number of hydrogen-bond acceptors (Lipinski definition) is 10. The normalized spacial score (nSPS) is 11.3. The predicted molar refractivity (Wildman–Crippen MR) is 153 cm³/mol.